The molecule has 37 heavy (non-hydrogen) atoms. The lowest BCUT2D eigenvalue weighted by atomic mass is 9.54. The van der Waals surface area contributed by atoms with Gasteiger partial charge in [0.25, 0.3) is 5.91 Å². The van der Waals surface area contributed by atoms with E-state index >= 15 is 0 Å². The van der Waals surface area contributed by atoms with E-state index in [0.717, 1.165) is 52.7 Å². The monoisotopic (exact) mass is 556 g/mol. The highest BCUT2D eigenvalue weighted by Gasteiger charge is 2.47. The molecule has 7 rings (SSSR count). The molecule has 8 heteroatoms. The number of nitrogens with one attached hydrogen (secondary N) is 2. The predicted octanol–water partition coefficient (Wildman–Crippen LogP) is 6.95. The quantitative estimate of drug-likeness (QED) is 0.309. The summed E-state index contributed by atoms with van der Waals surface area (Å²) in [7, 11) is 0. The first-order valence-corrected chi connectivity index (χ1v) is 14.3. The van der Waals surface area contributed by atoms with Gasteiger partial charge in [0.2, 0.25) is 0 Å². The summed E-state index contributed by atoms with van der Waals surface area (Å²) in [4.78, 5) is 13.3. The summed E-state index contributed by atoms with van der Waals surface area (Å²) in [5.74, 6) is 3.38. The van der Waals surface area contributed by atoms with Crippen molar-refractivity contribution in [2.45, 2.75) is 45.1 Å². The molecule has 3 aromatic rings. The molecule has 2 N–H and O–H groups in total. The van der Waals surface area contributed by atoms with E-state index in [1.165, 1.54) is 32.1 Å². The van der Waals surface area contributed by atoms with Gasteiger partial charge >= 0.3 is 0 Å². The molecule has 4 fully saturated rings. The summed E-state index contributed by atoms with van der Waals surface area (Å²) in [5, 5.41) is 13.1. The Morgan fingerprint density at radius 2 is 1.59 bits per heavy atom. The lowest BCUT2D eigenvalue weighted by molar-refractivity contribution is -0.0133. The Hall–Kier alpha value is -2.05. The van der Waals surface area contributed by atoms with E-state index in [1.807, 2.05) is 37.3 Å². The normalized spacial score (nSPS) is 26.0. The fourth-order valence-corrected chi connectivity index (χ4v) is 7.64. The SMILES string of the molecule is Cc1c(C(=O)NCCNC2C3CC4CC(C3)CC2C4)nn(-c2ccc(Cl)c(Cl)c2)c1-c1ccc(Cl)cc1. The average Bonchev–Trinajstić information content (AvgIpc) is 3.22. The van der Waals surface area contributed by atoms with Crippen LogP contribution in [0, 0.1) is 30.6 Å². The highest BCUT2D eigenvalue weighted by molar-refractivity contribution is 6.42. The third kappa shape index (κ3) is 4.92. The maximum Gasteiger partial charge on any atom is 0.272 e. The molecule has 0 spiro atoms. The van der Waals surface area contributed by atoms with Crippen LogP contribution in [0.5, 0.6) is 0 Å². The molecule has 1 aromatic heterocycles. The Morgan fingerprint density at radius 3 is 2.24 bits per heavy atom. The second kappa shape index (κ2) is 10.3. The van der Waals surface area contributed by atoms with E-state index < -0.39 is 0 Å². The van der Waals surface area contributed by atoms with Gasteiger partial charge in [-0.05, 0) is 93.0 Å². The highest BCUT2D eigenvalue weighted by Crippen LogP contribution is 2.53. The minimum atomic E-state index is -0.182. The van der Waals surface area contributed by atoms with E-state index in [9.17, 15) is 4.79 Å². The molecule has 4 bridgehead atoms. The van der Waals surface area contributed by atoms with Gasteiger partial charge in [-0.15, -0.1) is 0 Å². The summed E-state index contributed by atoms with van der Waals surface area (Å²) >= 11 is 18.6. The maximum absolute atomic E-state index is 13.3. The van der Waals surface area contributed by atoms with Crippen molar-refractivity contribution >= 4 is 40.7 Å². The van der Waals surface area contributed by atoms with E-state index in [4.69, 9.17) is 39.9 Å². The van der Waals surface area contributed by atoms with Crippen LogP contribution in [0.25, 0.3) is 16.9 Å². The number of carbonyl (C=O) groups excluding carboxylic acids is 1. The minimum absolute atomic E-state index is 0.182. The fourth-order valence-electron chi connectivity index (χ4n) is 7.22. The summed E-state index contributed by atoms with van der Waals surface area (Å²) in [6.45, 7) is 3.26. The van der Waals surface area contributed by atoms with Crippen LogP contribution >= 0.6 is 34.8 Å². The van der Waals surface area contributed by atoms with Gasteiger partial charge in [0, 0.05) is 35.3 Å². The van der Waals surface area contributed by atoms with Crippen LogP contribution in [-0.2, 0) is 0 Å². The molecule has 1 heterocycles. The molecule has 0 saturated heterocycles. The van der Waals surface area contributed by atoms with Crippen molar-refractivity contribution in [2.24, 2.45) is 23.7 Å². The molecule has 1 amide bonds. The predicted molar refractivity (Wildman–Crippen MR) is 150 cm³/mol. The summed E-state index contributed by atoms with van der Waals surface area (Å²) in [6, 6.07) is 13.5. The van der Waals surface area contributed by atoms with Crippen LogP contribution in [0.2, 0.25) is 15.1 Å². The molecule has 5 nitrogen and oxygen atoms in total. The third-order valence-corrected chi connectivity index (χ3v) is 9.61. The van der Waals surface area contributed by atoms with Gasteiger partial charge in [0.15, 0.2) is 5.69 Å². The smallest absolute Gasteiger partial charge is 0.272 e. The van der Waals surface area contributed by atoms with Gasteiger partial charge in [-0.25, -0.2) is 4.68 Å². The Labute approximate surface area is 232 Å². The number of halogens is 3. The van der Waals surface area contributed by atoms with Crippen molar-refractivity contribution in [3.8, 4) is 16.9 Å². The third-order valence-electron chi connectivity index (χ3n) is 8.62. The molecule has 0 radical (unpaired) electrons. The summed E-state index contributed by atoms with van der Waals surface area (Å²) < 4.78 is 1.75. The van der Waals surface area contributed by atoms with Crippen LogP contribution in [0.15, 0.2) is 42.5 Å². The Morgan fingerprint density at radius 1 is 0.919 bits per heavy atom. The van der Waals surface area contributed by atoms with Gasteiger partial charge in [0.1, 0.15) is 0 Å². The number of rotatable bonds is 7. The Balaban J connectivity index is 1.19. The van der Waals surface area contributed by atoms with Crippen LogP contribution in [0.4, 0.5) is 0 Å². The Kier molecular flexibility index (Phi) is 7.00. The molecule has 194 valence electrons. The van der Waals surface area contributed by atoms with Gasteiger partial charge in [-0.1, -0.05) is 46.9 Å². The first-order valence-electron chi connectivity index (χ1n) is 13.2. The molecule has 0 unspecified atom stereocenters. The van der Waals surface area contributed by atoms with Crippen molar-refractivity contribution in [1.82, 2.24) is 20.4 Å². The van der Waals surface area contributed by atoms with Gasteiger partial charge in [-0.2, -0.15) is 5.10 Å². The molecule has 2 aromatic carbocycles. The van der Waals surface area contributed by atoms with Crippen molar-refractivity contribution in [1.29, 1.82) is 0 Å². The zero-order chi connectivity index (χ0) is 25.7. The van der Waals surface area contributed by atoms with Crippen molar-refractivity contribution < 1.29 is 4.79 Å². The van der Waals surface area contributed by atoms with Crippen LogP contribution in [0.1, 0.15) is 48.2 Å². The van der Waals surface area contributed by atoms with Crippen molar-refractivity contribution in [3.63, 3.8) is 0 Å². The lowest BCUT2D eigenvalue weighted by Gasteiger charge is -2.54. The molecule has 0 atom stereocenters. The largest absolute Gasteiger partial charge is 0.349 e. The number of carbonyl (C=O) groups is 1. The van der Waals surface area contributed by atoms with E-state index in [1.54, 1.807) is 16.8 Å². The molecule has 4 aliphatic carbocycles. The first kappa shape index (κ1) is 25.2. The van der Waals surface area contributed by atoms with Gasteiger partial charge in [-0.3, -0.25) is 4.79 Å². The number of aromatic nitrogens is 2. The lowest BCUT2D eigenvalue weighted by Crippen LogP contribution is -2.55. The van der Waals surface area contributed by atoms with E-state index in [0.29, 0.717) is 33.3 Å². The average molecular weight is 558 g/mol. The highest BCUT2D eigenvalue weighted by atomic mass is 35.5. The number of hydrogen-bond acceptors (Lipinski definition) is 3. The van der Waals surface area contributed by atoms with Crippen molar-refractivity contribution in [3.05, 3.63) is 68.8 Å². The molecule has 4 aliphatic rings. The zero-order valence-electron chi connectivity index (χ0n) is 20.8. The summed E-state index contributed by atoms with van der Waals surface area (Å²) in [5.41, 5.74) is 3.63. The second-order valence-electron chi connectivity index (χ2n) is 11.0. The van der Waals surface area contributed by atoms with Crippen LogP contribution in [-0.4, -0.2) is 34.8 Å². The van der Waals surface area contributed by atoms with E-state index in [-0.39, 0.29) is 5.91 Å². The molecular weight excluding hydrogens is 527 g/mol. The van der Waals surface area contributed by atoms with E-state index in [2.05, 4.69) is 10.6 Å². The van der Waals surface area contributed by atoms with Crippen molar-refractivity contribution in [2.75, 3.05) is 13.1 Å². The minimum Gasteiger partial charge on any atom is -0.349 e. The Bertz CT molecular complexity index is 1290. The summed E-state index contributed by atoms with van der Waals surface area (Å²) in [6.07, 6.45) is 7.00. The number of hydrogen-bond donors (Lipinski definition) is 2. The van der Waals surface area contributed by atoms with Crippen LogP contribution in [0.3, 0.4) is 0 Å². The van der Waals surface area contributed by atoms with Gasteiger partial charge in [0.05, 0.1) is 21.4 Å². The standard InChI is InChI=1S/C29H31Cl3N4O/c1-16-26(29(37)34-9-8-33-27-20-11-17-10-18(13-20)14-21(27)12-17)35-36(23-6-7-24(31)25(32)15-23)28(16)19-2-4-22(30)5-3-19/h2-7,15,17-18,20-21,27,33H,8-14H2,1H3,(H,34,37). The van der Waals surface area contributed by atoms with Crippen LogP contribution < -0.4 is 10.6 Å². The molecular formula is C29H31Cl3N4O. The molecule has 4 saturated carbocycles. The molecule has 0 aliphatic heterocycles. The second-order valence-corrected chi connectivity index (χ2v) is 12.3. The first-order chi connectivity index (χ1) is 17.9. The zero-order valence-corrected chi connectivity index (χ0v) is 23.1. The number of amides is 1. The fraction of sp³-hybridized carbons (Fsp3) is 0.448. The maximum atomic E-state index is 13.3. The number of benzene rings is 2. The van der Waals surface area contributed by atoms with Gasteiger partial charge < -0.3 is 10.6 Å². The topological polar surface area (TPSA) is 59.0 Å². The number of nitrogens with zero attached hydrogens (tertiary/aromatic N) is 2.